The first kappa shape index (κ1) is 16.5. The molecule has 144 valence electrons. The minimum absolute atomic E-state index is 0.169. The van der Waals surface area contributed by atoms with Crippen LogP contribution in [0.1, 0.15) is 0 Å². The van der Waals surface area contributed by atoms with Crippen LogP contribution in [0.4, 0.5) is 0 Å². The smallest absolute Gasteiger partial charge is 0.221 e. The van der Waals surface area contributed by atoms with Crippen LogP contribution in [0, 0.1) is 0 Å². The molecule has 31 heavy (non-hydrogen) atoms. The molecule has 0 amide bonds. The van der Waals surface area contributed by atoms with Crippen LogP contribution in [0.25, 0.3) is 55.6 Å². The SMILES string of the molecule is [B]c1cccc2c1nc1n(-c3nccc4oc5ccccc5c34)c3cc(O)ccc3n21. The first-order chi connectivity index (χ1) is 15.2. The number of nitrogens with zero attached hydrogens (tertiary/aromatic N) is 4. The Morgan fingerprint density at radius 3 is 2.71 bits per heavy atom. The second-order valence-corrected chi connectivity index (χ2v) is 7.58. The predicted molar refractivity (Wildman–Crippen MR) is 122 cm³/mol. The normalized spacial score (nSPS) is 12.1. The lowest BCUT2D eigenvalue weighted by Gasteiger charge is -2.06. The molecular formula is C24H13BN4O2. The Balaban J connectivity index is 1.75. The zero-order valence-corrected chi connectivity index (χ0v) is 16.1. The molecule has 7 heteroatoms. The van der Waals surface area contributed by atoms with Crippen molar-refractivity contribution in [1.29, 1.82) is 0 Å². The summed E-state index contributed by atoms with van der Waals surface area (Å²) < 4.78 is 10.1. The molecule has 3 aromatic carbocycles. The number of benzene rings is 3. The molecule has 1 N–H and O–H groups in total. The van der Waals surface area contributed by atoms with E-state index >= 15 is 0 Å². The number of para-hydroxylation sites is 2. The van der Waals surface area contributed by atoms with E-state index in [1.54, 1.807) is 18.3 Å². The Hall–Kier alpha value is -4.26. The van der Waals surface area contributed by atoms with Crippen LogP contribution in [0.2, 0.25) is 0 Å². The standard InChI is InChI=1S/C24H13BN4O2/c25-15-5-3-6-17-22(15)27-24-28(17)16-9-8-13(30)12-18(16)29(24)23-21-14-4-1-2-7-19(14)31-20(21)10-11-26-23/h1-12,30H. The predicted octanol–water partition coefficient (Wildman–Crippen LogP) is 4.23. The van der Waals surface area contributed by atoms with Crippen molar-refractivity contribution in [1.82, 2.24) is 18.9 Å². The van der Waals surface area contributed by atoms with E-state index in [-0.39, 0.29) is 5.75 Å². The first-order valence-corrected chi connectivity index (χ1v) is 9.87. The lowest BCUT2D eigenvalue weighted by molar-refractivity contribution is 0.476. The zero-order valence-electron chi connectivity index (χ0n) is 16.1. The van der Waals surface area contributed by atoms with Gasteiger partial charge in [-0.3, -0.25) is 8.97 Å². The molecule has 0 spiro atoms. The van der Waals surface area contributed by atoms with Gasteiger partial charge >= 0.3 is 0 Å². The van der Waals surface area contributed by atoms with Crippen molar-refractivity contribution in [3.63, 3.8) is 0 Å². The van der Waals surface area contributed by atoms with E-state index in [4.69, 9.17) is 22.2 Å². The molecule has 0 aliphatic rings. The fourth-order valence-electron chi connectivity index (χ4n) is 4.51. The number of pyridine rings is 1. The van der Waals surface area contributed by atoms with E-state index in [0.717, 1.165) is 44.0 Å². The van der Waals surface area contributed by atoms with E-state index in [0.29, 0.717) is 17.1 Å². The summed E-state index contributed by atoms with van der Waals surface area (Å²) in [5, 5.41) is 12.1. The van der Waals surface area contributed by atoms with Gasteiger partial charge in [0.15, 0.2) is 5.82 Å². The van der Waals surface area contributed by atoms with Gasteiger partial charge in [-0.25, -0.2) is 9.97 Å². The van der Waals surface area contributed by atoms with Gasteiger partial charge in [-0.05, 0) is 30.3 Å². The zero-order chi connectivity index (χ0) is 20.7. The molecule has 2 radical (unpaired) electrons. The van der Waals surface area contributed by atoms with Gasteiger partial charge in [-0.2, -0.15) is 0 Å². The molecule has 4 aromatic heterocycles. The third-order valence-corrected chi connectivity index (χ3v) is 5.82. The number of hydrogen-bond acceptors (Lipinski definition) is 4. The fraction of sp³-hybridized carbons (Fsp3) is 0. The number of furan rings is 1. The molecule has 0 atom stereocenters. The van der Waals surface area contributed by atoms with Crippen LogP contribution in [-0.4, -0.2) is 31.9 Å². The number of rotatable bonds is 1. The largest absolute Gasteiger partial charge is 0.508 e. The average Bonchev–Trinajstić information content (AvgIpc) is 3.42. The summed E-state index contributed by atoms with van der Waals surface area (Å²) in [5.41, 5.74) is 5.45. The molecule has 0 saturated heterocycles. The summed E-state index contributed by atoms with van der Waals surface area (Å²) in [6.45, 7) is 0. The first-order valence-electron chi connectivity index (χ1n) is 9.87. The molecule has 0 aliphatic heterocycles. The van der Waals surface area contributed by atoms with Crippen LogP contribution in [0.3, 0.4) is 0 Å². The van der Waals surface area contributed by atoms with Gasteiger partial charge in [-0.1, -0.05) is 35.8 Å². The Labute approximate surface area is 176 Å². The maximum atomic E-state index is 10.3. The van der Waals surface area contributed by atoms with Crippen LogP contribution in [-0.2, 0) is 0 Å². The number of aromatic hydroxyl groups is 1. The maximum absolute atomic E-state index is 10.3. The Morgan fingerprint density at radius 1 is 0.871 bits per heavy atom. The molecule has 6 nitrogen and oxygen atoms in total. The van der Waals surface area contributed by atoms with Crippen molar-refractivity contribution < 1.29 is 9.52 Å². The molecule has 0 bridgehead atoms. The fourth-order valence-corrected chi connectivity index (χ4v) is 4.51. The molecular weight excluding hydrogens is 387 g/mol. The van der Waals surface area contributed by atoms with Gasteiger partial charge in [0.1, 0.15) is 24.8 Å². The number of phenolic OH excluding ortho intramolecular Hbond substituents is 1. The third kappa shape index (κ3) is 2.07. The van der Waals surface area contributed by atoms with Crippen molar-refractivity contribution in [2.75, 3.05) is 0 Å². The van der Waals surface area contributed by atoms with E-state index in [9.17, 15) is 5.11 Å². The van der Waals surface area contributed by atoms with E-state index in [1.807, 2.05) is 63.6 Å². The topological polar surface area (TPSA) is 68.5 Å². The molecule has 4 heterocycles. The molecule has 0 saturated carbocycles. The Kier molecular flexibility index (Phi) is 3.02. The lowest BCUT2D eigenvalue weighted by Crippen LogP contribution is -2.03. The average molecular weight is 400 g/mol. The van der Waals surface area contributed by atoms with E-state index in [1.165, 1.54) is 0 Å². The van der Waals surface area contributed by atoms with Gasteiger partial charge in [0.05, 0.1) is 27.5 Å². The molecule has 0 fully saturated rings. The maximum Gasteiger partial charge on any atom is 0.221 e. The van der Waals surface area contributed by atoms with Gasteiger partial charge in [0.25, 0.3) is 0 Å². The third-order valence-electron chi connectivity index (χ3n) is 5.82. The minimum Gasteiger partial charge on any atom is -0.508 e. The highest BCUT2D eigenvalue weighted by molar-refractivity contribution is 6.38. The van der Waals surface area contributed by atoms with Gasteiger partial charge in [0, 0.05) is 17.6 Å². The van der Waals surface area contributed by atoms with Crippen molar-refractivity contribution in [2.45, 2.75) is 0 Å². The highest BCUT2D eigenvalue weighted by atomic mass is 16.3. The Morgan fingerprint density at radius 2 is 1.77 bits per heavy atom. The number of imidazole rings is 2. The summed E-state index contributed by atoms with van der Waals surface area (Å²) in [6.07, 6.45) is 1.72. The second-order valence-electron chi connectivity index (χ2n) is 7.58. The summed E-state index contributed by atoms with van der Waals surface area (Å²) in [7, 11) is 6.23. The monoisotopic (exact) mass is 400 g/mol. The van der Waals surface area contributed by atoms with Crippen LogP contribution < -0.4 is 5.46 Å². The van der Waals surface area contributed by atoms with E-state index in [2.05, 4.69) is 0 Å². The highest BCUT2D eigenvalue weighted by Crippen LogP contribution is 2.36. The van der Waals surface area contributed by atoms with Crippen molar-refractivity contribution >= 4 is 63.1 Å². The lowest BCUT2D eigenvalue weighted by atomic mass is 9.95. The number of phenols is 1. The van der Waals surface area contributed by atoms with Crippen molar-refractivity contribution in [3.05, 3.63) is 72.9 Å². The van der Waals surface area contributed by atoms with Gasteiger partial charge < -0.3 is 9.52 Å². The second kappa shape index (κ2) is 5.67. The van der Waals surface area contributed by atoms with Crippen LogP contribution >= 0.6 is 0 Å². The van der Waals surface area contributed by atoms with Gasteiger partial charge in [0.2, 0.25) is 5.78 Å². The molecule has 0 aliphatic carbocycles. The molecule has 0 unspecified atom stereocenters. The molecule has 7 aromatic rings. The quantitative estimate of drug-likeness (QED) is 0.419. The highest BCUT2D eigenvalue weighted by Gasteiger charge is 2.22. The van der Waals surface area contributed by atoms with Crippen molar-refractivity contribution in [3.8, 4) is 11.6 Å². The summed E-state index contributed by atoms with van der Waals surface area (Å²) in [6, 6.07) is 20.8. The number of aromatic nitrogens is 4. The summed E-state index contributed by atoms with van der Waals surface area (Å²) >= 11 is 0. The van der Waals surface area contributed by atoms with Crippen molar-refractivity contribution in [2.24, 2.45) is 0 Å². The molecule has 7 rings (SSSR count). The van der Waals surface area contributed by atoms with E-state index < -0.39 is 0 Å². The number of hydrogen-bond donors (Lipinski definition) is 1. The van der Waals surface area contributed by atoms with Crippen LogP contribution in [0.15, 0.2) is 77.3 Å². The van der Waals surface area contributed by atoms with Crippen LogP contribution in [0.5, 0.6) is 5.75 Å². The summed E-state index contributed by atoms with van der Waals surface area (Å²) in [5.74, 6) is 1.52. The minimum atomic E-state index is 0.169. The number of fused-ring (bicyclic) bond motifs is 8. The summed E-state index contributed by atoms with van der Waals surface area (Å²) in [4.78, 5) is 9.61. The van der Waals surface area contributed by atoms with Gasteiger partial charge in [-0.15, -0.1) is 0 Å². The Bertz CT molecular complexity index is 1830.